The molecule has 0 N–H and O–H groups in total. The van der Waals surface area contributed by atoms with Crippen LogP contribution in [0.25, 0.3) is 11.1 Å². The average Bonchev–Trinajstić information content (AvgIpc) is 2.40. The van der Waals surface area contributed by atoms with Gasteiger partial charge in [0.2, 0.25) is 0 Å². The maximum Gasteiger partial charge on any atom is 0.143 e. The second-order valence-corrected chi connectivity index (χ2v) is 3.85. The molecule has 0 unspecified atom stereocenters. The summed E-state index contributed by atoms with van der Waals surface area (Å²) in [6.07, 6.45) is 0. The van der Waals surface area contributed by atoms with Gasteiger partial charge < -0.3 is 0 Å². The highest BCUT2D eigenvalue weighted by Crippen LogP contribution is 2.29. The van der Waals surface area contributed by atoms with Crippen molar-refractivity contribution in [3.05, 3.63) is 58.7 Å². The van der Waals surface area contributed by atoms with Crippen LogP contribution in [0.1, 0.15) is 11.1 Å². The van der Waals surface area contributed by atoms with Gasteiger partial charge in [-0.2, -0.15) is 10.5 Å². The lowest BCUT2D eigenvalue weighted by Gasteiger charge is -2.07. The van der Waals surface area contributed by atoms with Crippen LogP contribution in [0, 0.1) is 45.9 Å². The fraction of sp³-hybridized carbons (Fsp3) is 0. The van der Waals surface area contributed by atoms with Crippen molar-refractivity contribution in [1.29, 1.82) is 10.5 Å². The van der Waals surface area contributed by atoms with Gasteiger partial charge in [-0.3, -0.25) is 0 Å². The predicted molar refractivity (Wildman–Crippen MR) is 61.1 cm³/mol. The van der Waals surface area contributed by atoms with Gasteiger partial charge in [0.05, 0.1) is 11.1 Å². The molecule has 2 rings (SSSR count). The third-order valence-corrected chi connectivity index (χ3v) is 2.64. The van der Waals surface area contributed by atoms with E-state index in [-0.39, 0.29) is 0 Å². The van der Waals surface area contributed by atoms with Gasteiger partial charge >= 0.3 is 0 Å². The van der Waals surface area contributed by atoms with Crippen molar-refractivity contribution >= 4 is 0 Å². The van der Waals surface area contributed by atoms with Gasteiger partial charge in [0.1, 0.15) is 35.4 Å². The van der Waals surface area contributed by atoms with Crippen molar-refractivity contribution < 1.29 is 17.6 Å². The van der Waals surface area contributed by atoms with Gasteiger partial charge in [0.25, 0.3) is 0 Å². The molecule has 0 saturated heterocycles. The normalized spacial score (nSPS) is 9.90. The molecule has 0 amide bonds. The van der Waals surface area contributed by atoms with E-state index in [9.17, 15) is 17.6 Å². The summed E-state index contributed by atoms with van der Waals surface area (Å²) < 4.78 is 53.7. The topological polar surface area (TPSA) is 47.6 Å². The van der Waals surface area contributed by atoms with Crippen LogP contribution in [0.4, 0.5) is 17.6 Å². The summed E-state index contributed by atoms with van der Waals surface area (Å²) >= 11 is 0. The Labute approximate surface area is 111 Å². The van der Waals surface area contributed by atoms with Gasteiger partial charge in [0, 0.05) is 23.3 Å². The largest absolute Gasteiger partial charge is 0.206 e. The van der Waals surface area contributed by atoms with Crippen LogP contribution in [-0.2, 0) is 0 Å². The van der Waals surface area contributed by atoms with Crippen LogP contribution in [0.2, 0.25) is 0 Å². The summed E-state index contributed by atoms with van der Waals surface area (Å²) in [4.78, 5) is 0. The molecule has 2 aromatic rings. The van der Waals surface area contributed by atoms with Crippen molar-refractivity contribution in [2.45, 2.75) is 0 Å². The van der Waals surface area contributed by atoms with Gasteiger partial charge in [-0.1, -0.05) is 0 Å². The molecule has 0 aliphatic carbocycles. The van der Waals surface area contributed by atoms with Crippen LogP contribution in [0.5, 0.6) is 0 Å². The Morgan fingerprint density at radius 3 is 1.25 bits per heavy atom. The highest BCUT2D eigenvalue weighted by molar-refractivity contribution is 5.68. The zero-order chi connectivity index (χ0) is 14.9. The minimum Gasteiger partial charge on any atom is -0.206 e. The summed E-state index contributed by atoms with van der Waals surface area (Å²) in [6.45, 7) is 0. The number of hydrogen-bond donors (Lipinski definition) is 0. The zero-order valence-corrected chi connectivity index (χ0v) is 9.72. The second kappa shape index (κ2) is 5.02. The lowest BCUT2D eigenvalue weighted by atomic mass is 9.99. The third-order valence-electron chi connectivity index (χ3n) is 2.64. The molecule has 0 radical (unpaired) electrons. The van der Waals surface area contributed by atoms with E-state index in [0.717, 1.165) is 12.1 Å². The van der Waals surface area contributed by atoms with Crippen LogP contribution in [0.3, 0.4) is 0 Å². The van der Waals surface area contributed by atoms with E-state index in [0.29, 0.717) is 12.1 Å². The molecule has 98 valence electrons. The van der Waals surface area contributed by atoms with Crippen molar-refractivity contribution in [3.63, 3.8) is 0 Å². The molecule has 0 atom stereocenters. The minimum absolute atomic E-state index is 0.419. The first kappa shape index (κ1) is 13.6. The first-order chi connectivity index (χ1) is 9.47. The van der Waals surface area contributed by atoms with Gasteiger partial charge in [-0.25, -0.2) is 17.6 Å². The standard InChI is InChI=1S/C14H4F4N2/c15-11-3-13(17)9(1-7(11)5-19)10-2-8(6-20)12(16)4-14(10)18/h1-4H. The summed E-state index contributed by atoms with van der Waals surface area (Å²) in [6, 6.07) is 5.46. The van der Waals surface area contributed by atoms with E-state index < -0.39 is 45.5 Å². The number of hydrogen-bond acceptors (Lipinski definition) is 2. The zero-order valence-electron chi connectivity index (χ0n) is 9.72. The average molecular weight is 276 g/mol. The smallest absolute Gasteiger partial charge is 0.143 e. The van der Waals surface area contributed by atoms with E-state index in [1.54, 1.807) is 0 Å². The molecule has 0 heterocycles. The number of halogens is 4. The highest BCUT2D eigenvalue weighted by Gasteiger charge is 2.17. The summed E-state index contributed by atoms with van der Waals surface area (Å²) in [5.41, 5.74) is -1.80. The van der Waals surface area contributed by atoms with Gasteiger partial charge in [0.15, 0.2) is 0 Å². The molecule has 6 heteroatoms. The number of nitriles is 2. The molecule has 0 fully saturated rings. The molecule has 0 aliphatic rings. The Kier molecular flexibility index (Phi) is 3.41. The van der Waals surface area contributed by atoms with Crippen molar-refractivity contribution in [2.75, 3.05) is 0 Å². The van der Waals surface area contributed by atoms with E-state index in [1.165, 1.54) is 12.1 Å². The predicted octanol–water partition coefficient (Wildman–Crippen LogP) is 3.65. The van der Waals surface area contributed by atoms with Crippen molar-refractivity contribution in [2.24, 2.45) is 0 Å². The van der Waals surface area contributed by atoms with E-state index >= 15 is 0 Å². The van der Waals surface area contributed by atoms with Crippen molar-refractivity contribution in [3.8, 4) is 23.3 Å². The van der Waals surface area contributed by atoms with Crippen LogP contribution < -0.4 is 0 Å². The molecule has 2 nitrogen and oxygen atoms in total. The minimum atomic E-state index is -1.11. The molecule has 0 aliphatic heterocycles. The maximum atomic E-state index is 13.7. The maximum absolute atomic E-state index is 13.7. The summed E-state index contributed by atoms with van der Waals surface area (Å²) in [5.74, 6) is -4.40. The molecule has 0 bridgehead atoms. The fourth-order valence-electron chi connectivity index (χ4n) is 1.68. The summed E-state index contributed by atoms with van der Waals surface area (Å²) in [7, 11) is 0. The summed E-state index contributed by atoms with van der Waals surface area (Å²) in [5, 5.41) is 17.4. The molecule has 2 aromatic carbocycles. The molecular formula is C14H4F4N2. The highest BCUT2D eigenvalue weighted by atomic mass is 19.1. The lowest BCUT2D eigenvalue weighted by Crippen LogP contribution is -1.96. The van der Waals surface area contributed by atoms with Gasteiger partial charge in [-0.05, 0) is 12.1 Å². The van der Waals surface area contributed by atoms with E-state index in [4.69, 9.17) is 10.5 Å². The number of nitrogens with zero attached hydrogens (tertiary/aromatic N) is 2. The lowest BCUT2D eigenvalue weighted by molar-refractivity contribution is 0.573. The van der Waals surface area contributed by atoms with E-state index in [1.807, 2.05) is 0 Å². The molecule has 0 aromatic heterocycles. The first-order valence-corrected chi connectivity index (χ1v) is 5.26. The Morgan fingerprint density at radius 2 is 0.950 bits per heavy atom. The third kappa shape index (κ3) is 2.19. The SMILES string of the molecule is N#Cc1cc(-c2cc(C#N)c(F)cc2F)c(F)cc1F. The van der Waals surface area contributed by atoms with E-state index in [2.05, 4.69) is 0 Å². The Bertz CT molecular complexity index is 718. The van der Waals surface area contributed by atoms with Crippen LogP contribution in [-0.4, -0.2) is 0 Å². The Balaban J connectivity index is 2.76. The monoisotopic (exact) mass is 276 g/mol. The van der Waals surface area contributed by atoms with Gasteiger partial charge in [-0.15, -0.1) is 0 Å². The Morgan fingerprint density at radius 1 is 0.600 bits per heavy atom. The van der Waals surface area contributed by atoms with Crippen LogP contribution >= 0.6 is 0 Å². The second-order valence-electron chi connectivity index (χ2n) is 3.85. The van der Waals surface area contributed by atoms with Crippen molar-refractivity contribution in [1.82, 2.24) is 0 Å². The molecule has 0 saturated carbocycles. The van der Waals surface area contributed by atoms with Crippen LogP contribution in [0.15, 0.2) is 24.3 Å². The molecule has 0 spiro atoms. The molecular weight excluding hydrogens is 272 g/mol. The fourth-order valence-corrected chi connectivity index (χ4v) is 1.68. The number of benzene rings is 2. The first-order valence-electron chi connectivity index (χ1n) is 5.26. The quantitative estimate of drug-likeness (QED) is 0.746. The molecule has 20 heavy (non-hydrogen) atoms. The number of rotatable bonds is 1. The Hall–Kier alpha value is -2.86.